The van der Waals surface area contributed by atoms with E-state index in [1.54, 1.807) is 0 Å². The molecule has 0 saturated carbocycles. The maximum Gasteiger partial charge on any atom is 0.315 e. The lowest BCUT2D eigenvalue weighted by Gasteiger charge is -2.41. The highest BCUT2D eigenvalue weighted by atomic mass is 19.3. The van der Waals surface area contributed by atoms with E-state index in [9.17, 15) is 35.1 Å². The average Bonchev–Trinajstić information content (AvgIpc) is 2.84. The van der Waals surface area contributed by atoms with Gasteiger partial charge >= 0.3 is 23.7 Å². The van der Waals surface area contributed by atoms with Crippen LogP contribution in [0.1, 0.15) is 118 Å². The van der Waals surface area contributed by atoms with Crippen LogP contribution in [0.2, 0.25) is 0 Å². The Labute approximate surface area is 231 Å². The molecule has 0 N–H and O–H groups in total. The summed E-state index contributed by atoms with van der Waals surface area (Å²) in [6.45, 7) is 16.2. The van der Waals surface area contributed by atoms with Gasteiger partial charge in [-0.3, -0.25) is 0 Å². The van der Waals surface area contributed by atoms with E-state index in [0.717, 1.165) is 24.0 Å². The zero-order chi connectivity index (χ0) is 31.3. The van der Waals surface area contributed by atoms with Crippen molar-refractivity contribution in [1.29, 1.82) is 0 Å². The quantitative estimate of drug-likeness (QED) is 0.158. The minimum atomic E-state index is -4.93. The fourth-order valence-electron chi connectivity index (χ4n) is 3.29. The van der Waals surface area contributed by atoms with E-state index in [2.05, 4.69) is 20.8 Å². The van der Waals surface area contributed by atoms with Gasteiger partial charge in [0, 0.05) is 31.3 Å². The fourth-order valence-corrected chi connectivity index (χ4v) is 3.29. The zero-order valence-corrected chi connectivity index (χ0v) is 25.3. The van der Waals surface area contributed by atoms with Gasteiger partial charge in [0.15, 0.2) is 0 Å². The van der Waals surface area contributed by atoms with Crippen LogP contribution in [0.15, 0.2) is 24.3 Å². The van der Waals surface area contributed by atoms with Gasteiger partial charge in [-0.2, -0.15) is 35.1 Å². The molecule has 0 spiro atoms. The topological polar surface area (TPSA) is 9.23 Å². The molecule has 39 heavy (non-hydrogen) atoms. The number of halogens is 8. The van der Waals surface area contributed by atoms with Crippen LogP contribution in [0.3, 0.4) is 0 Å². The zero-order valence-electron chi connectivity index (χ0n) is 25.3. The van der Waals surface area contributed by atoms with E-state index in [4.69, 9.17) is 4.74 Å². The minimum Gasteiger partial charge on any atom is -0.377 e. The standard InChI is InChI=1S/C23H32F8O.C5H12.C2H6/c1-6-20(24,25)22(28,29)15-19(4,5)23(30,31)21(26,27)12-7-13-32-14-17-8-10-18(11-9-17)16(2)3;1-4-5(2)3;1-2/h8-11,16H,6-7,12-15H2,1-5H3;5H,4H2,1-3H3;1-2H3. The lowest BCUT2D eigenvalue weighted by molar-refractivity contribution is -0.293. The molecule has 232 valence electrons. The highest BCUT2D eigenvalue weighted by molar-refractivity contribution is 5.24. The predicted molar refractivity (Wildman–Crippen MR) is 144 cm³/mol. The van der Waals surface area contributed by atoms with Crippen molar-refractivity contribution in [3.8, 4) is 0 Å². The maximum atomic E-state index is 14.5. The van der Waals surface area contributed by atoms with E-state index in [1.165, 1.54) is 6.42 Å². The van der Waals surface area contributed by atoms with Crippen molar-refractivity contribution in [2.45, 2.75) is 138 Å². The fraction of sp³-hybridized carbons (Fsp3) is 0.800. The molecule has 0 heterocycles. The molecule has 1 nitrogen and oxygen atoms in total. The molecule has 0 fully saturated rings. The van der Waals surface area contributed by atoms with E-state index in [-0.39, 0.29) is 13.2 Å². The summed E-state index contributed by atoms with van der Waals surface area (Å²) in [5.74, 6) is -17.8. The summed E-state index contributed by atoms with van der Waals surface area (Å²) < 4.78 is 117. The van der Waals surface area contributed by atoms with Gasteiger partial charge < -0.3 is 4.74 Å². The van der Waals surface area contributed by atoms with Crippen LogP contribution in [0, 0.1) is 11.3 Å². The lowest BCUT2D eigenvalue weighted by Crippen LogP contribution is -2.55. The van der Waals surface area contributed by atoms with Gasteiger partial charge in [-0.1, -0.05) is 99.9 Å². The molecule has 9 heteroatoms. The van der Waals surface area contributed by atoms with Crippen LogP contribution in [0.25, 0.3) is 0 Å². The number of hydrogen-bond donors (Lipinski definition) is 0. The van der Waals surface area contributed by atoms with Crippen molar-refractivity contribution in [2.24, 2.45) is 11.3 Å². The van der Waals surface area contributed by atoms with Crippen LogP contribution in [-0.2, 0) is 11.3 Å². The van der Waals surface area contributed by atoms with Crippen LogP contribution in [0.4, 0.5) is 35.1 Å². The van der Waals surface area contributed by atoms with Crippen molar-refractivity contribution < 1.29 is 39.9 Å². The van der Waals surface area contributed by atoms with E-state index >= 15 is 0 Å². The van der Waals surface area contributed by atoms with Gasteiger partial charge in [-0.15, -0.1) is 0 Å². The van der Waals surface area contributed by atoms with Crippen molar-refractivity contribution in [1.82, 2.24) is 0 Å². The van der Waals surface area contributed by atoms with Crippen LogP contribution in [-0.4, -0.2) is 30.3 Å². The third-order valence-corrected chi connectivity index (χ3v) is 6.46. The minimum absolute atomic E-state index is 0.101. The molecule has 1 rings (SSSR count). The summed E-state index contributed by atoms with van der Waals surface area (Å²) in [4.78, 5) is 0. The summed E-state index contributed by atoms with van der Waals surface area (Å²) in [6, 6.07) is 7.43. The molecule has 1 aromatic carbocycles. The molecule has 0 unspecified atom stereocenters. The normalized spacial score (nSPS) is 13.1. The third kappa shape index (κ3) is 12.3. The Hall–Kier alpha value is -1.38. The highest BCUT2D eigenvalue weighted by Gasteiger charge is 2.68. The highest BCUT2D eigenvalue weighted by Crippen LogP contribution is 2.55. The Balaban J connectivity index is 0. The Kier molecular flexibility index (Phi) is 17.1. The largest absolute Gasteiger partial charge is 0.377 e. The Bertz CT molecular complexity index is 772. The van der Waals surface area contributed by atoms with Crippen LogP contribution in [0.5, 0.6) is 0 Å². The van der Waals surface area contributed by atoms with Gasteiger partial charge in [0.2, 0.25) is 0 Å². The van der Waals surface area contributed by atoms with E-state index < -0.39 is 54.8 Å². The van der Waals surface area contributed by atoms with Gasteiger partial charge in [0.05, 0.1) is 6.61 Å². The molecule has 0 bridgehead atoms. The van der Waals surface area contributed by atoms with Gasteiger partial charge in [-0.25, -0.2) is 0 Å². The summed E-state index contributed by atoms with van der Waals surface area (Å²) in [5, 5.41) is 0. The first-order valence-corrected chi connectivity index (χ1v) is 13.8. The van der Waals surface area contributed by atoms with Crippen molar-refractivity contribution in [3.05, 3.63) is 35.4 Å². The van der Waals surface area contributed by atoms with Gasteiger partial charge in [-0.05, 0) is 29.4 Å². The first-order valence-electron chi connectivity index (χ1n) is 13.8. The Morgan fingerprint density at radius 1 is 0.744 bits per heavy atom. The predicted octanol–water partition coefficient (Wildman–Crippen LogP) is 11.6. The van der Waals surface area contributed by atoms with Gasteiger partial charge in [0.25, 0.3) is 0 Å². The number of benzene rings is 1. The monoisotopic (exact) mass is 578 g/mol. The lowest BCUT2D eigenvalue weighted by atomic mass is 9.75. The second kappa shape index (κ2) is 16.8. The molecule has 0 aliphatic heterocycles. The Morgan fingerprint density at radius 3 is 1.59 bits per heavy atom. The summed E-state index contributed by atoms with van der Waals surface area (Å²) in [7, 11) is 0. The summed E-state index contributed by atoms with van der Waals surface area (Å²) in [5.41, 5.74) is -1.18. The van der Waals surface area contributed by atoms with Crippen molar-refractivity contribution >= 4 is 0 Å². The average molecular weight is 579 g/mol. The molecular weight excluding hydrogens is 528 g/mol. The Morgan fingerprint density at radius 2 is 1.21 bits per heavy atom. The number of alkyl halides is 8. The van der Waals surface area contributed by atoms with E-state index in [1.807, 2.05) is 52.0 Å². The molecule has 0 aliphatic rings. The van der Waals surface area contributed by atoms with Crippen LogP contribution < -0.4 is 0 Å². The molecule has 0 aliphatic carbocycles. The van der Waals surface area contributed by atoms with Crippen molar-refractivity contribution in [3.63, 3.8) is 0 Å². The first kappa shape index (κ1) is 39.8. The molecular formula is C30H50F8O. The third-order valence-electron chi connectivity index (χ3n) is 6.46. The molecule has 0 amide bonds. The van der Waals surface area contributed by atoms with Gasteiger partial charge in [0.1, 0.15) is 0 Å². The van der Waals surface area contributed by atoms with Crippen molar-refractivity contribution in [2.75, 3.05) is 6.61 Å². The molecule has 1 aromatic rings. The molecule has 0 radical (unpaired) electrons. The molecule has 0 saturated heterocycles. The van der Waals surface area contributed by atoms with E-state index in [0.29, 0.717) is 19.8 Å². The SMILES string of the molecule is CC.CCC(C)C.CCC(F)(F)C(F)(F)CC(C)(C)C(F)(F)C(F)(F)CCCOCc1ccc(C(C)C)cc1. The summed E-state index contributed by atoms with van der Waals surface area (Å²) >= 11 is 0. The molecule has 0 atom stereocenters. The number of ether oxygens (including phenoxy) is 1. The maximum absolute atomic E-state index is 14.5. The second-order valence-corrected chi connectivity index (χ2v) is 11.0. The number of rotatable bonds is 14. The summed E-state index contributed by atoms with van der Waals surface area (Å²) in [6.07, 6.45) is -3.85. The number of hydrogen-bond acceptors (Lipinski definition) is 1. The molecule has 0 aromatic heterocycles. The smallest absolute Gasteiger partial charge is 0.315 e. The second-order valence-electron chi connectivity index (χ2n) is 11.0. The van der Waals surface area contributed by atoms with Crippen LogP contribution >= 0.6 is 0 Å². The first-order chi connectivity index (χ1) is 17.7.